The lowest BCUT2D eigenvalue weighted by Crippen LogP contribution is -2.05. The Balaban J connectivity index is 2.11. The molecule has 0 fully saturated rings. The molecule has 22 heavy (non-hydrogen) atoms. The summed E-state index contributed by atoms with van der Waals surface area (Å²) in [5.74, 6) is -0.0997. The van der Waals surface area contributed by atoms with Gasteiger partial charge < -0.3 is 5.11 Å². The highest BCUT2D eigenvalue weighted by molar-refractivity contribution is 5.96. The van der Waals surface area contributed by atoms with Gasteiger partial charge in [-0.2, -0.15) is 0 Å². The van der Waals surface area contributed by atoms with Crippen LogP contribution in [0.4, 0.5) is 0 Å². The first-order valence-corrected chi connectivity index (χ1v) is 7.10. The fourth-order valence-corrected chi connectivity index (χ4v) is 2.80. The van der Waals surface area contributed by atoms with E-state index in [4.69, 9.17) is 10.1 Å². The zero-order chi connectivity index (χ0) is 15.1. The van der Waals surface area contributed by atoms with E-state index in [2.05, 4.69) is 4.98 Å². The average Bonchev–Trinajstić information content (AvgIpc) is 2.92. The van der Waals surface area contributed by atoms with Crippen LogP contribution >= 0.6 is 0 Å². The van der Waals surface area contributed by atoms with Gasteiger partial charge in [-0.05, 0) is 24.3 Å². The molecule has 0 amide bonds. The highest BCUT2D eigenvalue weighted by Gasteiger charge is 2.14. The molecular weight excluding hydrogens is 278 g/mol. The molecule has 0 aliphatic heterocycles. The van der Waals surface area contributed by atoms with E-state index in [0.717, 1.165) is 33.4 Å². The van der Waals surface area contributed by atoms with Gasteiger partial charge in [0.1, 0.15) is 11.5 Å². The summed E-state index contributed by atoms with van der Waals surface area (Å²) in [7, 11) is 0. The number of benzene rings is 2. The first kappa shape index (κ1) is 12.8. The molecule has 0 atom stereocenters. The molecular formula is C17H13N3O2. The van der Waals surface area contributed by atoms with Crippen molar-refractivity contribution >= 4 is 33.6 Å². The lowest BCUT2D eigenvalue weighted by Gasteiger charge is -2.07. The lowest BCUT2D eigenvalue weighted by atomic mass is 10.2. The van der Waals surface area contributed by atoms with E-state index in [1.807, 2.05) is 52.9 Å². The fourth-order valence-electron chi connectivity index (χ4n) is 2.80. The number of hydrogen-bond donors (Lipinski definition) is 1. The smallest absolute Gasteiger partial charge is 0.303 e. The number of nitrogens with zero attached hydrogens (tertiary/aromatic N) is 3. The standard InChI is InChI=1S/C17H13N3O2/c21-16(22)10-9-15-18-12-6-2-1-5-11(12)17-19-13-7-3-4-8-14(13)20(15)17/h1-8H,9-10H2,(H,21,22). The topological polar surface area (TPSA) is 67.5 Å². The molecule has 0 saturated carbocycles. The maximum Gasteiger partial charge on any atom is 0.303 e. The minimum atomic E-state index is -0.826. The van der Waals surface area contributed by atoms with Crippen LogP contribution in [-0.4, -0.2) is 25.4 Å². The number of aromatic nitrogens is 3. The van der Waals surface area contributed by atoms with Gasteiger partial charge >= 0.3 is 5.97 Å². The van der Waals surface area contributed by atoms with Gasteiger partial charge in [0.05, 0.1) is 23.0 Å². The van der Waals surface area contributed by atoms with Crippen molar-refractivity contribution in [2.45, 2.75) is 12.8 Å². The molecule has 5 nitrogen and oxygen atoms in total. The Labute approximate surface area is 125 Å². The van der Waals surface area contributed by atoms with E-state index in [0.29, 0.717) is 6.42 Å². The fraction of sp³-hybridized carbons (Fsp3) is 0.118. The van der Waals surface area contributed by atoms with Crippen LogP contribution in [0.1, 0.15) is 12.2 Å². The van der Waals surface area contributed by atoms with Crippen molar-refractivity contribution in [1.82, 2.24) is 14.4 Å². The number of carbonyl (C=O) groups is 1. The third-order valence-electron chi connectivity index (χ3n) is 3.78. The molecule has 0 spiro atoms. The number of rotatable bonds is 3. The summed E-state index contributed by atoms with van der Waals surface area (Å²) < 4.78 is 1.97. The van der Waals surface area contributed by atoms with Crippen molar-refractivity contribution < 1.29 is 9.90 Å². The van der Waals surface area contributed by atoms with Gasteiger partial charge in [0.2, 0.25) is 0 Å². The van der Waals surface area contributed by atoms with Crippen molar-refractivity contribution in [3.05, 3.63) is 54.4 Å². The van der Waals surface area contributed by atoms with Gasteiger partial charge in [-0.25, -0.2) is 9.97 Å². The van der Waals surface area contributed by atoms with Crippen molar-refractivity contribution in [3.63, 3.8) is 0 Å². The molecule has 1 N–H and O–H groups in total. The molecule has 0 radical (unpaired) electrons. The summed E-state index contributed by atoms with van der Waals surface area (Å²) in [6.45, 7) is 0. The van der Waals surface area contributed by atoms with Gasteiger partial charge in [-0.3, -0.25) is 9.20 Å². The van der Waals surface area contributed by atoms with Gasteiger partial charge in [0.15, 0.2) is 0 Å². The van der Waals surface area contributed by atoms with E-state index >= 15 is 0 Å². The lowest BCUT2D eigenvalue weighted by molar-refractivity contribution is -0.137. The van der Waals surface area contributed by atoms with Gasteiger partial charge in [0.25, 0.3) is 0 Å². The molecule has 0 bridgehead atoms. The maximum absolute atomic E-state index is 10.9. The third kappa shape index (κ3) is 1.90. The second-order valence-corrected chi connectivity index (χ2v) is 5.20. The largest absolute Gasteiger partial charge is 0.481 e. The second kappa shape index (κ2) is 4.80. The minimum Gasteiger partial charge on any atom is -0.481 e. The number of imidazole rings is 1. The van der Waals surface area contributed by atoms with E-state index in [9.17, 15) is 4.79 Å². The maximum atomic E-state index is 10.9. The highest BCUT2D eigenvalue weighted by atomic mass is 16.4. The number of hydrogen-bond acceptors (Lipinski definition) is 3. The van der Waals surface area contributed by atoms with Gasteiger partial charge in [-0.1, -0.05) is 24.3 Å². The molecule has 4 aromatic rings. The molecule has 2 aromatic carbocycles. The van der Waals surface area contributed by atoms with E-state index in [-0.39, 0.29) is 6.42 Å². The molecule has 0 aliphatic rings. The van der Waals surface area contributed by atoms with Crippen molar-refractivity contribution in [2.75, 3.05) is 0 Å². The van der Waals surface area contributed by atoms with Gasteiger partial charge in [-0.15, -0.1) is 0 Å². The number of para-hydroxylation sites is 3. The molecule has 4 rings (SSSR count). The summed E-state index contributed by atoms with van der Waals surface area (Å²) in [5, 5.41) is 9.94. The zero-order valence-electron chi connectivity index (χ0n) is 11.7. The highest BCUT2D eigenvalue weighted by Crippen LogP contribution is 2.24. The Bertz CT molecular complexity index is 1020. The number of aryl methyl sites for hydroxylation is 1. The molecule has 0 saturated heterocycles. The normalized spacial score (nSPS) is 11.5. The Morgan fingerprint density at radius 1 is 1.00 bits per heavy atom. The average molecular weight is 291 g/mol. The third-order valence-corrected chi connectivity index (χ3v) is 3.78. The Morgan fingerprint density at radius 2 is 1.73 bits per heavy atom. The molecule has 0 aliphatic carbocycles. The van der Waals surface area contributed by atoms with Crippen LogP contribution in [0.3, 0.4) is 0 Å². The quantitative estimate of drug-likeness (QED) is 0.630. The molecule has 5 heteroatoms. The van der Waals surface area contributed by atoms with E-state index < -0.39 is 5.97 Å². The van der Waals surface area contributed by atoms with Gasteiger partial charge in [0, 0.05) is 11.8 Å². The molecule has 2 heterocycles. The van der Waals surface area contributed by atoms with Crippen molar-refractivity contribution in [1.29, 1.82) is 0 Å². The van der Waals surface area contributed by atoms with E-state index in [1.54, 1.807) is 0 Å². The number of fused-ring (bicyclic) bond motifs is 5. The summed E-state index contributed by atoms with van der Waals surface area (Å²) in [6.07, 6.45) is 0.421. The number of aliphatic carboxylic acids is 1. The van der Waals surface area contributed by atoms with Crippen molar-refractivity contribution in [3.8, 4) is 0 Å². The van der Waals surface area contributed by atoms with Crippen LogP contribution in [-0.2, 0) is 11.2 Å². The predicted octanol–water partition coefficient (Wildman–Crippen LogP) is 3.05. The molecule has 2 aromatic heterocycles. The first-order chi connectivity index (χ1) is 10.7. The van der Waals surface area contributed by atoms with Crippen LogP contribution in [0.5, 0.6) is 0 Å². The molecule has 0 unspecified atom stereocenters. The minimum absolute atomic E-state index is 0.0486. The summed E-state index contributed by atoms with van der Waals surface area (Å²) in [6, 6.07) is 15.6. The summed E-state index contributed by atoms with van der Waals surface area (Å²) in [4.78, 5) is 20.3. The summed E-state index contributed by atoms with van der Waals surface area (Å²) in [5.41, 5.74) is 3.51. The SMILES string of the molecule is O=C(O)CCc1nc2ccccc2c2nc3ccccc3n12. The molecule has 108 valence electrons. The Hall–Kier alpha value is -2.95. The van der Waals surface area contributed by atoms with Crippen LogP contribution in [0.15, 0.2) is 48.5 Å². The first-order valence-electron chi connectivity index (χ1n) is 7.10. The van der Waals surface area contributed by atoms with Crippen LogP contribution in [0.25, 0.3) is 27.6 Å². The van der Waals surface area contributed by atoms with Crippen LogP contribution in [0.2, 0.25) is 0 Å². The van der Waals surface area contributed by atoms with Crippen LogP contribution in [0, 0.1) is 0 Å². The zero-order valence-corrected chi connectivity index (χ0v) is 11.7. The predicted molar refractivity (Wildman–Crippen MR) is 84.0 cm³/mol. The Kier molecular flexibility index (Phi) is 2.79. The Morgan fingerprint density at radius 3 is 2.55 bits per heavy atom. The van der Waals surface area contributed by atoms with Crippen molar-refractivity contribution in [2.24, 2.45) is 0 Å². The van der Waals surface area contributed by atoms with Crippen LogP contribution < -0.4 is 0 Å². The summed E-state index contributed by atoms with van der Waals surface area (Å²) >= 11 is 0. The second-order valence-electron chi connectivity index (χ2n) is 5.20. The monoisotopic (exact) mass is 291 g/mol. The van der Waals surface area contributed by atoms with E-state index in [1.165, 1.54) is 0 Å². The number of carboxylic acid groups (broad SMARTS) is 1. The number of carboxylic acids is 1.